The zero-order valence-corrected chi connectivity index (χ0v) is 21.2. The number of carbonyl (C=O) groups is 3. The first kappa shape index (κ1) is 24.7. The van der Waals surface area contributed by atoms with Gasteiger partial charge in [-0.3, -0.25) is 24.7 Å². The highest BCUT2D eigenvalue weighted by Gasteiger charge is 2.25. The van der Waals surface area contributed by atoms with Gasteiger partial charge in [-0.15, -0.1) is 0 Å². The fourth-order valence-electron chi connectivity index (χ4n) is 4.01. The molecule has 0 spiro atoms. The molecule has 10 nitrogen and oxygen atoms in total. The third kappa shape index (κ3) is 6.24. The van der Waals surface area contributed by atoms with Crippen molar-refractivity contribution >= 4 is 35.5 Å². The first-order chi connectivity index (χ1) is 17.9. The smallest absolute Gasteiger partial charge is 0.328 e. The Hall–Kier alpha value is -3.97. The van der Waals surface area contributed by atoms with Gasteiger partial charge in [0.2, 0.25) is 5.91 Å². The fourth-order valence-corrected chi connectivity index (χ4v) is 4.01. The summed E-state index contributed by atoms with van der Waals surface area (Å²) in [6.07, 6.45) is 6.89. The van der Waals surface area contributed by atoms with Crippen LogP contribution in [0.25, 0.3) is 0 Å². The van der Waals surface area contributed by atoms with Crippen molar-refractivity contribution < 1.29 is 14.4 Å². The molecule has 2 aliphatic carbocycles. The van der Waals surface area contributed by atoms with E-state index in [9.17, 15) is 14.4 Å². The van der Waals surface area contributed by atoms with Crippen molar-refractivity contribution in [2.75, 3.05) is 49.3 Å². The van der Waals surface area contributed by atoms with Crippen molar-refractivity contribution in [3.63, 3.8) is 0 Å². The quantitative estimate of drug-likeness (QED) is 0.443. The second-order valence-electron chi connectivity index (χ2n) is 9.95. The van der Waals surface area contributed by atoms with Gasteiger partial charge in [0.15, 0.2) is 6.29 Å². The van der Waals surface area contributed by atoms with Crippen LogP contribution in [0.4, 0.5) is 22.1 Å². The predicted octanol–water partition coefficient (Wildman–Crippen LogP) is 2.57. The van der Waals surface area contributed by atoms with Gasteiger partial charge in [0.1, 0.15) is 17.3 Å². The number of nitrogens with zero attached hydrogens (tertiary/aromatic N) is 5. The van der Waals surface area contributed by atoms with Crippen LogP contribution >= 0.6 is 0 Å². The highest BCUT2D eigenvalue weighted by Crippen LogP contribution is 2.30. The Morgan fingerprint density at radius 3 is 2.76 bits per heavy atom. The Morgan fingerprint density at radius 2 is 2.05 bits per heavy atom. The van der Waals surface area contributed by atoms with Crippen LogP contribution in [0, 0.1) is 17.8 Å². The van der Waals surface area contributed by atoms with E-state index in [1.54, 1.807) is 36.3 Å². The minimum atomic E-state index is -0.437. The van der Waals surface area contributed by atoms with Crippen molar-refractivity contribution in [1.29, 1.82) is 0 Å². The first-order valence-electron chi connectivity index (χ1n) is 12.6. The predicted molar refractivity (Wildman–Crippen MR) is 140 cm³/mol. The van der Waals surface area contributed by atoms with E-state index >= 15 is 0 Å². The summed E-state index contributed by atoms with van der Waals surface area (Å²) in [6.45, 7) is 2.02. The summed E-state index contributed by atoms with van der Waals surface area (Å²) in [5.74, 6) is 7.70. The van der Waals surface area contributed by atoms with Gasteiger partial charge in [-0.05, 0) is 38.8 Å². The molecular formula is C27H31N7O3. The highest BCUT2D eigenvalue weighted by molar-refractivity contribution is 6.00. The van der Waals surface area contributed by atoms with E-state index in [2.05, 4.69) is 32.4 Å². The second kappa shape index (κ2) is 10.6. The lowest BCUT2D eigenvalue weighted by atomic mass is 10.1. The largest absolute Gasteiger partial charge is 0.381 e. The molecule has 0 unspecified atom stereocenters. The molecule has 0 radical (unpaired) electrons. The minimum absolute atomic E-state index is 0.0127. The maximum Gasteiger partial charge on any atom is 0.328 e. The topological polar surface area (TPSA) is 111 Å². The molecule has 2 N–H and O–H groups in total. The Bertz CT molecular complexity index is 1280. The van der Waals surface area contributed by atoms with Gasteiger partial charge in [-0.25, -0.2) is 14.8 Å². The van der Waals surface area contributed by atoms with Crippen LogP contribution in [0.2, 0.25) is 0 Å². The summed E-state index contributed by atoms with van der Waals surface area (Å²) in [5, 5.41) is 6.28. The first-order valence-corrected chi connectivity index (χ1v) is 12.6. The Labute approximate surface area is 216 Å². The molecule has 1 aliphatic heterocycles. The number of pyridine rings is 2. The highest BCUT2D eigenvalue weighted by atomic mass is 16.2. The molecule has 3 amide bonds. The minimum Gasteiger partial charge on any atom is -0.381 e. The van der Waals surface area contributed by atoms with E-state index in [4.69, 9.17) is 0 Å². The molecule has 3 heterocycles. The number of hydrogen-bond acceptors (Lipinski definition) is 7. The lowest BCUT2D eigenvalue weighted by Gasteiger charge is -2.32. The Kier molecular flexibility index (Phi) is 7.06. The molecule has 2 aromatic rings. The molecule has 2 aromatic heterocycles. The van der Waals surface area contributed by atoms with Gasteiger partial charge in [-0.2, -0.15) is 0 Å². The molecule has 5 rings (SSSR count). The van der Waals surface area contributed by atoms with E-state index in [1.165, 1.54) is 4.90 Å². The number of aldehydes is 1. The van der Waals surface area contributed by atoms with Crippen molar-refractivity contribution in [1.82, 2.24) is 19.8 Å². The lowest BCUT2D eigenvalue weighted by Crippen LogP contribution is -2.48. The zero-order valence-electron chi connectivity index (χ0n) is 21.2. The van der Waals surface area contributed by atoms with Crippen LogP contribution in [0.3, 0.4) is 0 Å². The van der Waals surface area contributed by atoms with Crippen molar-refractivity contribution in [3.8, 4) is 11.8 Å². The average Bonchev–Trinajstić information content (AvgIpc) is 3.81. The lowest BCUT2D eigenvalue weighted by molar-refractivity contribution is -0.136. The molecular weight excluding hydrogens is 470 g/mol. The van der Waals surface area contributed by atoms with Gasteiger partial charge in [-0.1, -0.05) is 17.9 Å². The van der Waals surface area contributed by atoms with E-state index in [-0.39, 0.29) is 11.6 Å². The van der Waals surface area contributed by atoms with Crippen LogP contribution in [0.5, 0.6) is 0 Å². The van der Waals surface area contributed by atoms with Crippen molar-refractivity contribution in [3.05, 3.63) is 41.2 Å². The average molecular weight is 502 g/mol. The number of urea groups is 1. The van der Waals surface area contributed by atoms with E-state index in [1.807, 2.05) is 11.9 Å². The summed E-state index contributed by atoms with van der Waals surface area (Å²) in [5.41, 5.74) is 2.55. The van der Waals surface area contributed by atoms with Gasteiger partial charge >= 0.3 is 6.03 Å². The van der Waals surface area contributed by atoms with E-state index in [0.717, 1.165) is 43.5 Å². The standard InChI is InChI=1S/C27H31N7O3/c1-32-11-12-34(26(36)16-32)15-20-7-10-25(30-23(20)17-35)33(2)27(37)31-24-13-22(29-21-8-9-21)19(14-28-24)6-5-18-3-4-18/h7,10,13-14,17-18,21H,3-4,8-9,11-12,15-16H2,1-2H3,(H2,28,29,31,37). The monoisotopic (exact) mass is 501 g/mol. The number of rotatable bonds is 7. The number of hydrogen-bond donors (Lipinski definition) is 2. The number of carbonyl (C=O) groups excluding carboxylic acids is 3. The van der Waals surface area contributed by atoms with Crippen LogP contribution in [-0.4, -0.2) is 77.8 Å². The molecule has 192 valence electrons. The Balaban J connectivity index is 1.27. The molecule has 2 saturated carbocycles. The normalized spacial score (nSPS) is 17.6. The molecule has 0 bridgehead atoms. The molecule has 37 heavy (non-hydrogen) atoms. The molecule has 3 fully saturated rings. The van der Waals surface area contributed by atoms with Gasteiger partial charge < -0.3 is 10.2 Å². The Morgan fingerprint density at radius 1 is 1.24 bits per heavy atom. The SMILES string of the molecule is CN1CCN(Cc2ccc(N(C)C(=O)Nc3cc(NC4CC4)c(C#CC4CC4)cn3)nc2C=O)C(=O)C1. The number of piperazine rings is 1. The van der Waals surface area contributed by atoms with Gasteiger partial charge in [0, 0.05) is 56.5 Å². The number of nitrogens with one attached hydrogen (secondary N) is 2. The summed E-state index contributed by atoms with van der Waals surface area (Å²) in [4.78, 5) is 50.9. The van der Waals surface area contributed by atoms with Crippen molar-refractivity contribution in [2.45, 2.75) is 38.3 Å². The third-order valence-corrected chi connectivity index (χ3v) is 6.69. The molecule has 0 aromatic carbocycles. The molecule has 0 atom stereocenters. The molecule has 3 aliphatic rings. The number of aromatic nitrogens is 2. The fraction of sp³-hybridized carbons (Fsp3) is 0.444. The maximum atomic E-state index is 13.0. The summed E-state index contributed by atoms with van der Waals surface area (Å²) < 4.78 is 0. The van der Waals surface area contributed by atoms with Crippen LogP contribution < -0.4 is 15.5 Å². The van der Waals surface area contributed by atoms with Gasteiger partial charge in [0.25, 0.3) is 0 Å². The van der Waals surface area contributed by atoms with Crippen LogP contribution in [-0.2, 0) is 11.3 Å². The number of likely N-dealkylation sites (N-methyl/N-ethyl adjacent to an activating group) is 1. The van der Waals surface area contributed by atoms with Crippen molar-refractivity contribution in [2.24, 2.45) is 5.92 Å². The maximum absolute atomic E-state index is 13.0. The van der Waals surface area contributed by atoms with Gasteiger partial charge in [0.05, 0.1) is 17.8 Å². The second-order valence-corrected chi connectivity index (χ2v) is 9.95. The molecule has 10 heteroatoms. The van der Waals surface area contributed by atoms with E-state index in [0.29, 0.717) is 55.1 Å². The zero-order chi connectivity index (χ0) is 25.9. The number of anilines is 3. The summed E-state index contributed by atoms with van der Waals surface area (Å²) in [6, 6.07) is 5.22. The van der Waals surface area contributed by atoms with E-state index < -0.39 is 6.03 Å². The number of amides is 3. The third-order valence-electron chi connectivity index (χ3n) is 6.69. The molecule has 1 saturated heterocycles. The van der Waals surface area contributed by atoms with Crippen LogP contribution in [0.15, 0.2) is 24.4 Å². The summed E-state index contributed by atoms with van der Waals surface area (Å²) >= 11 is 0. The summed E-state index contributed by atoms with van der Waals surface area (Å²) in [7, 11) is 3.48. The van der Waals surface area contributed by atoms with Crippen LogP contribution in [0.1, 0.15) is 47.3 Å².